The topological polar surface area (TPSA) is 26.3 Å². The highest BCUT2D eigenvalue weighted by Gasteiger charge is 2.14. The van der Waals surface area contributed by atoms with Crippen molar-refractivity contribution in [3.8, 4) is 0 Å². The van der Waals surface area contributed by atoms with E-state index in [1.807, 2.05) is 0 Å². The van der Waals surface area contributed by atoms with Gasteiger partial charge < -0.3 is 4.74 Å². The standard InChI is InChI=1S/C15H22O2/c1-11-8-12(6-7-14(16)17-5)10-13(9-11)15(2,3)4/h8-10H,6-7H2,1-5H3. The monoisotopic (exact) mass is 234 g/mol. The van der Waals surface area contributed by atoms with Crippen LogP contribution in [0.3, 0.4) is 0 Å². The van der Waals surface area contributed by atoms with Crippen LogP contribution in [0, 0.1) is 6.92 Å². The summed E-state index contributed by atoms with van der Waals surface area (Å²) in [4.78, 5) is 11.1. The van der Waals surface area contributed by atoms with Gasteiger partial charge in [0.05, 0.1) is 7.11 Å². The average Bonchev–Trinajstić information content (AvgIpc) is 2.24. The quantitative estimate of drug-likeness (QED) is 0.749. The first-order valence-corrected chi connectivity index (χ1v) is 6.01. The number of ether oxygens (including phenoxy) is 1. The Balaban J connectivity index is 2.87. The third kappa shape index (κ3) is 4.22. The van der Waals surface area contributed by atoms with Gasteiger partial charge in [0.25, 0.3) is 0 Å². The maximum Gasteiger partial charge on any atom is 0.305 e. The number of hydrogen-bond acceptors (Lipinski definition) is 2. The summed E-state index contributed by atoms with van der Waals surface area (Å²) in [7, 11) is 1.43. The third-order valence-electron chi connectivity index (χ3n) is 2.85. The van der Waals surface area contributed by atoms with Gasteiger partial charge in [-0.05, 0) is 29.9 Å². The second-order valence-electron chi connectivity index (χ2n) is 5.53. The number of hydrogen-bond donors (Lipinski definition) is 0. The van der Waals surface area contributed by atoms with Crippen molar-refractivity contribution in [3.63, 3.8) is 0 Å². The van der Waals surface area contributed by atoms with E-state index in [0.717, 1.165) is 6.42 Å². The van der Waals surface area contributed by atoms with E-state index < -0.39 is 0 Å². The van der Waals surface area contributed by atoms with Gasteiger partial charge in [-0.2, -0.15) is 0 Å². The van der Waals surface area contributed by atoms with Gasteiger partial charge in [0, 0.05) is 6.42 Å². The molecule has 0 spiro atoms. The Hall–Kier alpha value is -1.31. The van der Waals surface area contributed by atoms with Crippen molar-refractivity contribution >= 4 is 5.97 Å². The summed E-state index contributed by atoms with van der Waals surface area (Å²) < 4.78 is 4.66. The van der Waals surface area contributed by atoms with E-state index in [-0.39, 0.29) is 11.4 Å². The molecule has 2 heteroatoms. The van der Waals surface area contributed by atoms with Gasteiger partial charge in [-0.15, -0.1) is 0 Å². The zero-order valence-electron chi connectivity index (χ0n) is 11.5. The van der Waals surface area contributed by atoms with Gasteiger partial charge in [0.15, 0.2) is 0 Å². The van der Waals surface area contributed by atoms with Crippen molar-refractivity contribution in [2.75, 3.05) is 7.11 Å². The Morgan fingerprint density at radius 2 is 1.88 bits per heavy atom. The summed E-state index contributed by atoms with van der Waals surface area (Å²) >= 11 is 0. The summed E-state index contributed by atoms with van der Waals surface area (Å²) in [6.07, 6.45) is 1.20. The first-order chi connectivity index (χ1) is 7.82. The van der Waals surface area contributed by atoms with Crippen LogP contribution >= 0.6 is 0 Å². The highest BCUT2D eigenvalue weighted by atomic mass is 16.5. The first-order valence-electron chi connectivity index (χ1n) is 6.01. The highest BCUT2D eigenvalue weighted by molar-refractivity contribution is 5.69. The molecule has 0 saturated heterocycles. The summed E-state index contributed by atoms with van der Waals surface area (Å²) in [5.41, 5.74) is 3.92. The Morgan fingerprint density at radius 3 is 2.41 bits per heavy atom. The molecule has 1 aromatic rings. The Morgan fingerprint density at radius 1 is 1.24 bits per heavy atom. The van der Waals surface area contributed by atoms with E-state index >= 15 is 0 Å². The van der Waals surface area contributed by atoms with Crippen LogP contribution in [0.4, 0.5) is 0 Å². The second kappa shape index (κ2) is 5.35. The minimum absolute atomic E-state index is 0.145. The zero-order valence-corrected chi connectivity index (χ0v) is 11.5. The molecule has 0 saturated carbocycles. The number of carbonyl (C=O) groups is 1. The smallest absolute Gasteiger partial charge is 0.305 e. The van der Waals surface area contributed by atoms with Gasteiger partial charge in [0.2, 0.25) is 0 Å². The second-order valence-corrected chi connectivity index (χ2v) is 5.53. The zero-order chi connectivity index (χ0) is 13.1. The molecule has 94 valence electrons. The molecule has 0 aliphatic rings. The summed E-state index contributed by atoms with van der Waals surface area (Å²) in [6, 6.07) is 6.54. The van der Waals surface area contributed by atoms with Crippen LogP contribution in [-0.2, 0) is 21.4 Å². The van der Waals surface area contributed by atoms with Gasteiger partial charge in [-0.25, -0.2) is 0 Å². The van der Waals surface area contributed by atoms with Crippen molar-refractivity contribution in [1.29, 1.82) is 0 Å². The molecule has 1 aromatic carbocycles. The van der Waals surface area contributed by atoms with Crippen LogP contribution in [-0.4, -0.2) is 13.1 Å². The van der Waals surface area contributed by atoms with Gasteiger partial charge in [0.1, 0.15) is 0 Å². The molecule has 0 aliphatic heterocycles. The first kappa shape index (κ1) is 13.8. The van der Waals surface area contributed by atoms with Crippen LogP contribution in [0.5, 0.6) is 0 Å². The third-order valence-corrected chi connectivity index (χ3v) is 2.85. The number of esters is 1. The van der Waals surface area contributed by atoms with Crippen LogP contribution in [0.15, 0.2) is 18.2 Å². The van der Waals surface area contributed by atoms with Crippen LogP contribution in [0.25, 0.3) is 0 Å². The van der Waals surface area contributed by atoms with Crippen LogP contribution in [0.1, 0.15) is 43.9 Å². The molecule has 0 aliphatic carbocycles. The molecular formula is C15H22O2. The molecule has 0 fully saturated rings. The minimum Gasteiger partial charge on any atom is -0.469 e. The van der Waals surface area contributed by atoms with Gasteiger partial charge in [-0.3, -0.25) is 4.79 Å². The lowest BCUT2D eigenvalue weighted by molar-refractivity contribution is -0.140. The van der Waals surface area contributed by atoms with Crippen molar-refractivity contribution in [2.24, 2.45) is 0 Å². The molecule has 1 rings (SSSR count). The lowest BCUT2D eigenvalue weighted by Gasteiger charge is -2.20. The van der Waals surface area contributed by atoms with E-state index in [9.17, 15) is 4.79 Å². The van der Waals surface area contributed by atoms with Crippen molar-refractivity contribution < 1.29 is 9.53 Å². The highest BCUT2D eigenvalue weighted by Crippen LogP contribution is 2.24. The lowest BCUT2D eigenvalue weighted by Crippen LogP contribution is -2.12. The fourth-order valence-corrected chi connectivity index (χ4v) is 1.79. The molecule has 17 heavy (non-hydrogen) atoms. The average molecular weight is 234 g/mol. The van der Waals surface area contributed by atoms with E-state index in [0.29, 0.717) is 6.42 Å². The molecule has 0 N–H and O–H groups in total. The number of methoxy groups -OCH3 is 1. The van der Waals surface area contributed by atoms with Gasteiger partial charge >= 0.3 is 5.97 Å². The molecule has 0 aromatic heterocycles. The number of rotatable bonds is 3. The fourth-order valence-electron chi connectivity index (χ4n) is 1.79. The predicted octanol–water partition coefficient (Wildman–Crippen LogP) is 3.40. The maximum atomic E-state index is 11.1. The molecule has 0 radical (unpaired) electrons. The van der Waals surface area contributed by atoms with E-state index in [2.05, 4.69) is 50.6 Å². The van der Waals surface area contributed by atoms with E-state index in [1.54, 1.807) is 0 Å². The number of benzene rings is 1. The molecule has 0 unspecified atom stereocenters. The summed E-state index contributed by atoms with van der Waals surface area (Å²) in [6.45, 7) is 8.69. The fraction of sp³-hybridized carbons (Fsp3) is 0.533. The van der Waals surface area contributed by atoms with Crippen molar-refractivity contribution in [2.45, 2.75) is 46.0 Å². The number of aryl methyl sites for hydroxylation is 2. The Labute approximate surface area is 104 Å². The summed E-state index contributed by atoms with van der Waals surface area (Å²) in [5, 5.41) is 0. The molecule has 0 atom stereocenters. The van der Waals surface area contributed by atoms with Gasteiger partial charge in [-0.1, -0.05) is 44.5 Å². The maximum absolute atomic E-state index is 11.1. The largest absolute Gasteiger partial charge is 0.469 e. The predicted molar refractivity (Wildman–Crippen MR) is 70.2 cm³/mol. The summed E-state index contributed by atoms with van der Waals surface area (Å²) in [5.74, 6) is -0.149. The normalized spacial score (nSPS) is 11.4. The minimum atomic E-state index is -0.149. The lowest BCUT2D eigenvalue weighted by atomic mass is 9.84. The van der Waals surface area contributed by atoms with Crippen LogP contribution < -0.4 is 0 Å². The van der Waals surface area contributed by atoms with Crippen LogP contribution in [0.2, 0.25) is 0 Å². The van der Waals surface area contributed by atoms with Crippen molar-refractivity contribution in [1.82, 2.24) is 0 Å². The Kier molecular flexibility index (Phi) is 4.33. The van der Waals surface area contributed by atoms with Crippen molar-refractivity contribution in [3.05, 3.63) is 34.9 Å². The Bertz CT molecular complexity index is 400. The molecule has 2 nitrogen and oxygen atoms in total. The molecule has 0 heterocycles. The molecule has 0 amide bonds. The SMILES string of the molecule is COC(=O)CCc1cc(C)cc(C(C)(C)C)c1. The van der Waals surface area contributed by atoms with E-state index in [4.69, 9.17) is 0 Å². The van der Waals surface area contributed by atoms with E-state index in [1.165, 1.54) is 23.8 Å². The number of carbonyl (C=O) groups excluding carboxylic acids is 1. The molecular weight excluding hydrogens is 212 g/mol. The molecule has 0 bridgehead atoms.